The predicted octanol–water partition coefficient (Wildman–Crippen LogP) is 3.18. The van der Waals surface area contributed by atoms with E-state index in [0.717, 1.165) is 11.3 Å². The van der Waals surface area contributed by atoms with Crippen LogP contribution in [-0.2, 0) is 4.74 Å². The van der Waals surface area contributed by atoms with Crippen LogP contribution >= 0.6 is 0 Å². The fourth-order valence-electron chi connectivity index (χ4n) is 1.20. The molecule has 0 aliphatic rings. The Kier molecular flexibility index (Phi) is 6.68. The Morgan fingerprint density at radius 2 is 2.06 bits per heavy atom. The molecular weight excluding hydrogens is 202 g/mol. The van der Waals surface area contributed by atoms with Gasteiger partial charge in [0.1, 0.15) is 0 Å². The van der Waals surface area contributed by atoms with Crippen molar-refractivity contribution in [2.45, 2.75) is 13.8 Å². The zero-order valence-electron chi connectivity index (χ0n) is 10.3. The molecule has 1 aromatic carbocycles. The van der Waals surface area contributed by atoms with E-state index in [0.29, 0.717) is 5.56 Å². The molecule has 0 bridgehead atoms. The quantitative estimate of drug-likeness (QED) is 0.797. The summed E-state index contributed by atoms with van der Waals surface area (Å²) in [4.78, 5) is 11.2. The van der Waals surface area contributed by atoms with Crippen molar-refractivity contribution < 1.29 is 9.53 Å². The Labute approximate surface area is 97.1 Å². The topological polar surface area (TPSA) is 38.3 Å². The maximum atomic E-state index is 11.2. The Balaban J connectivity index is 0.00000106. The van der Waals surface area contributed by atoms with Crippen LogP contribution in [0.15, 0.2) is 24.8 Å². The minimum atomic E-state index is -0.336. The molecule has 0 radical (unpaired) electrons. The molecule has 0 saturated carbocycles. The summed E-state index contributed by atoms with van der Waals surface area (Å²) < 4.78 is 4.62. The molecule has 88 valence electrons. The first kappa shape index (κ1) is 14.2. The van der Waals surface area contributed by atoms with Crippen molar-refractivity contribution >= 4 is 17.7 Å². The van der Waals surface area contributed by atoms with Crippen molar-refractivity contribution in [1.82, 2.24) is 0 Å². The van der Waals surface area contributed by atoms with Crippen LogP contribution in [0.25, 0.3) is 6.08 Å². The second-order valence-corrected chi connectivity index (χ2v) is 2.75. The number of hydrogen-bond donors (Lipinski definition) is 1. The zero-order chi connectivity index (χ0) is 12.6. The molecule has 0 aliphatic carbocycles. The van der Waals surface area contributed by atoms with E-state index in [1.165, 1.54) is 7.11 Å². The molecule has 1 rings (SSSR count). The van der Waals surface area contributed by atoms with Gasteiger partial charge in [-0.2, -0.15) is 0 Å². The lowest BCUT2D eigenvalue weighted by atomic mass is 10.1. The predicted molar refractivity (Wildman–Crippen MR) is 68.8 cm³/mol. The molecule has 0 fully saturated rings. The summed E-state index contributed by atoms with van der Waals surface area (Å²) in [6.07, 6.45) is 1.73. The first-order valence-corrected chi connectivity index (χ1v) is 5.25. The van der Waals surface area contributed by atoms with Crippen LogP contribution in [0.1, 0.15) is 29.8 Å². The van der Waals surface area contributed by atoms with Gasteiger partial charge >= 0.3 is 5.97 Å². The van der Waals surface area contributed by atoms with Crippen LogP contribution in [0.4, 0.5) is 5.69 Å². The number of hydrogen-bond acceptors (Lipinski definition) is 3. The highest BCUT2D eigenvalue weighted by molar-refractivity contribution is 5.91. The summed E-state index contributed by atoms with van der Waals surface area (Å²) in [7, 11) is 3.16. The summed E-state index contributed by atoms with van der Waals surface area (Å²) in [6.45, 7) is 7.68. The van der Waals surface area contributed by atoms with Crippen molar-refractivity contribution in [3.05, 3.63) is 35.9 Å². The number of benzene rings is 1. The molecule has 0 heterocycles. The Morgan fingerprint density at radius 1 is 1.44 bits per heavy atom. The first-order valence-electron chi connectivity index (χ1n) is 5.25. The van der Waals surface area contributed by atoms with E-state index in [9.17, 15) is 4.79 Å². The molecule has 3 heteroatoms. The lowest BCUT2D eigenvalue weighted by Gasteiger charge is -2.07. The molecule has 0 unspecified atom stereocenters. The molecule has 1 N–H and O–H groups in total. The fourth-order valence-corrected chi connectivity index (χ4v) is 1.20. The molecule has 1 aromatic rings. The second-order valence-electron chi connectivity index (χ2n) is 2.75. The standard InChI is InChI=1S/C11H13NO2.C2H6/c1-4-8-5-6-9(11(13)14-3)7-10(8)12-2;1-2/h4-7,12H,1H2,2-3H3;1-2H3. The lowest BCUT2D eigenvalue weighted by molar-refractivity contribution is 0.0601. The van der Waals surface area contributed by atoms with E-state index in [1.807, 2.05) is 19.9 Å². The fraction of sp³-hybridized carbons (Fsp3) is 0.308. The number of esters is 1. The molecule has 0 saturated heterocycles. The molecule has 3 nitrogen and oxygen atoms in total. The molecule has 0 amide bonds. The molecule has 0 spiro atoms. The summed E-state index contributed by atoms with van der Waals surface area (Å²) in [6, 6.07) is 5.28. The van der Waals surface area contributed by atoms with Crippen LogP contribution in [-0.4, -0.2) is 20.1 Å². The number of rotatable bonds is 3. The second kappa shape index (κ2) is 7.51. The van der Waals surface area contributed by atoms with Gasteiger partial charge in [0.25, 0.3) is 0 Å². The van der Waals surface area contributed by atoms with Gasteiger partial charge < -0.3 is 10.1 Å². The van der Waals surface area contributed by atoms with Gasteiger partial charge in [-0.15, -0.1) is 0 Å². The summed E-state index contributed by atoms with van der Waals surface area (Å²) in [5, 5.41) is 2.99. The van der Waals surface area contributed by atoms with E-state index < -0.39 is 0 Å². The van der Waals surface area contributed by atoms with Gasteiger partial charge in [0.05, 0.1) is 12.7 Å². The molecular formula is C13H19NO2. The highest BCUT2D eigenvalue weighted by Crippen LogP contribution is 2.18. The van der Waals surface area contributed by atoms with Gasteiger partial charge in [0.15, 0.2) is 0 Å². The van der Waals surface area contributed by atoms with Crippen molar-refractivity contribution in [2.24, 2.45) is 0 Å². The van der Waals surface area contributed by atoms with E-state index in [4.69, 9.17) is 0 Å². The lowest BCUT2D eigenvalue weighted by Crippen LogP contribution is -2.02. The van der Waals surface area contributed by atoms with E-state index in [1.54, 1.807) is 25.3 Å². The van der Waals surface area contributed by atoms with Gasteiger partial charge in [-0.1, -0.05) is 32.6 Å². The van der Waals surface area contributed by atoms with Gasteiger partial charge in [-0.25, -0.2) is 4.79 Å². The van der Waals surface area contributed by atoms with Crippen LogP contribution in [0.5, 0.6) is 0 Å². The van der Waals surface area contributed by atoms with Gasteiger partial charge in [-0.05, 0) is 17.7 Å². The van der Waals surface area contributed by atoms with E-state index in [-0.39, 0.29) is 5.97 Å². The Bertz CT molecular complexity index is 359. The van der Waals surface area contributed by atoms with Crippen LogP contribution in [0.3, 0.4) is 0 Å². The highest BCUT2D eigenvalue weighted by atomic mass is 16.5. The first-order chi connectivity index (χ1) is 7.72. The van der Waals surface area contributed by atoms with Crippen LogP contribution in [0, 0.1) is 0 Å². The molecule has 0 aliphatic heterocycles. The number of anilines is 1. The van der Waals surface area contributed by atoms with Gasteiger partial charge in [0.2, 0.25) is 0 Å². The third kappa shape index (κ3) is 3.42. The number of carbonyl (C=O) groups is 1. The summed E-state index contributed by atoms with van der Waals surface area (Å²) >= 11 is 0. The molecule has 0 atom stereocenters. The van der Waals surface area contributed by atoms with Crippen LogP contribution < -0.4 is 5.32 Å². The third-order valence-electron chi connectivity index (χ3n) is 1.96. The monoisotopic (exact) mass is 221 g/mol. The number of nitrogens with one attached hydrogen (secondary N) is 1. The van der Waals surface area contributed by atoms with E-state index >= 15 is 0 Å². The average molecular weight is 221 g/mol. The van der Waals surface area contributed by atoms with E-state index in [2.05, 4.69) is 16.6 Å². The molecule has 0 aromatic heterocycles. The summed E-state index contributed by atoms with van der Waals surface area (Å²) in [5.74, 6) is -0.336. The van der Waals surface area contributed by atoms with Crippen molar-refractivity contribution in [2.75, 3.05) is 19.5 Å². The smallest absolute Gasteiger partial charge is 0.337 e. The maximum absolute atomic E-state index is 11.2. The normalized spacial score (nSPS) is 8.50. The highest BCUT2D eigenvalue weighted by Gasteiger charge is 2.07. The maximum Gasteiger partial charge on any atom is 0.337 e. The average Bonchev–Trinajstić information content (AvgIpc) is 2.39. The van der Waals surface area contributed by atoms with Gasteiger partial charge in [-0.3, -0.25) is 0 Å². The molecule has 16 heavy (non-hydrogen) atoms. The number of methoxy groups -OCH3 is 1. The third-order valence-corrected chi connectivity index (χ3v) is 1.96. The van der Waals surface area contributed by atoms with Crippen LogP contribution in [0.2, 0.25) is 0 Å². The van der Waals surface area contributed by atoms with Crippen molar-refractivity contribution in [3.63, 3.8) is 0 Å². The van der Waals surface area contributed by atoms with Gasteiger partial charge in [0, 0.05) is 12.7 Å². The minimum Gasteiger partial charge on any atom is -0.465 e. The summed E-state index contributed by atoms with van der Waals surface area (Å²) in [5.41, 5.74) is 2.35. The minimum absolute atomic E-state index is 0.336. The Morgan fingerprint density at radius 3 is 2.50 bits per heavy atom. The number of carbonyl (C=O) groups excluding carboxylic acids is 1. The zero-order valence-corrected chi connectivity index (χ0v) is 10.3. The number of ether oxygens (including phenoxy) is 1. The van der Waals surface area contributed by atoms with Crippen molar-refractivity contribution in [3.8, 4) is 0 Å². The Hall–Kier alpha value is -1.77. The SMILES string of the molecule is C=Cc1ccc(C(=O)OC)cc1NC.CC. The largest absolute Gasteiger partial charge is 0.465 e. The van der Waals surface area contributed by atoms with Crippen molar-refractivity contribution in [1.29, 1.82) is 0 Å².